The van der Waals surface area contributed by atoms with E-state index < -0.39 is 0 Å². The highest BCUT2D eigenvalue weighted by molar-refractivity contribution is 9.10. The summed E-state index contributed by atoms with van der Waals surface area (Å²) in [5.74, 6) is 0.291. The van der Waals surface area contributed by atoms with Crippen LogP contribution in [0.1, 0.15) is 36.9 Å². The molecule has 0 fully saturated rings. The van der Waals surface area contributed by atoms with E-state index in [1.807, 2.05) is 39.0 Å². The van der Waals surface area contributed by atoms with Gasteiger partial charge in [0.25, 0.3) is 0 Å². The second kappa shape index (κ2) is 4.43. The predicted octanol–water partition coefficient (Wildman–Crippen LogP) is 4.28. The van der Waals surface area contributed by atoms with Gasteiger partial charge in [-0.25, -0.2) is 4.79 Å². The van der Waals surface area contributed by atoms with Crippen LogP contribution in [0.2, 0.25) is 0 Å². The summed E-state index contributed by atoms with van der Waals surface area (Å²) in [6.45, 7) is 6.02. The topological polar surface area (TPSA) is 39.4 Å². The monoisotopic (exact) mass is 310 g/mol. The molecule has 4 heteroatoms. The van der Waals surface area contributed by atoms with Gasteiger partial charge in [-0.1, -0.05) is 36.7 Å². The van der Waals surface area contributed by atoms with Crippen molar-refractivity contribution in [3.8, 4) is 0 Å². The van der Waals surface area contributed by atoms with Crippen LogP contribution in [-0.2, 0) is 10.2 Å². The van der Waals surface area contributed by atoms with E-state index in [1.165, 1.54) is 7.11 Å². The number of benzene rings is 1. The first-order chi connectivity index (χ1) is 8.34. The molecule has 0 spiro atoms. The van der Waals surface area contributed by atoms with E-state index in [-0.39, 0.29) is 11.4 Å². The van der Waals surface area contributed by atoms with Gasteiger partial charge in [0.05, 0.1) is 7.11 Å². The summed E-state index contributed by atoms with van der Waals surface area (Å²) < 4.78 is 11.6. The lowest BCUT2D eigenvalue weighted by Crippen LogP contribution is -2.15. The second-order valence-electron chi connectivity index (χ2n) is 5.19. The van der Waals surface area contributed by atoms with Crippen molar-refractivity contribution in [1.29, 1.82) is 0 Å². The first-order valence-corrected chi connectivity index (χ1v) is 6.44. The minimum atomic E-state index is -0.364. The lowest BCUT2D eigenvalue weighted by Gasteiger charge is -2.16. The summed E-state index contributed by atoms with van der Waals surface area (Å²) in [5.41, 5.74) is 0.958. The van der Waals surface area contributed by atoms with Crippen molar-refractivity contribution >= 4 is 32.9 Å². The zero-order valence-electron chi connectivity index (χ0n) is 10.8. The molecule has 2 aromatic rings. The highest BCUT2D eigenvalue weighted by Crippen LogP contribution is 2.35. The highest BCUT2D eigenvalue weighted by atomic mass is 79.9. The average Bonchev–Trinajstić information content (AvgIpc) is 2.66. The number of furan rings is 1. The minimum absolute atomic E-state index is 0.255. The van der Waals surface area contributed by atoms with Crippen molar-refractivity contribution in [1.82, 2.24) is 0 Å². The molecule has 0 unspecified atom stereocenters. The van der Waals surface area contributed by atoms with Gasteiger partial charge in [-0.05, 0) is 18.2 Å². The number of hydrogen-bond donors (Lipinski definition) is 0. The summed E-state index contributed by atoms with van der Waals surface area (Å²) in [6, 6.07) is 5.61. The first kappa shape index (κ1) is 13.1. The summed E-state index contributed by atoms with van der Waals surface area (Å²) >= 11 is 3.40. The molecular formula is C14H15BrO3. The number of halogens is 1. The largest absolute Gasteiger partial charge is 0.465 e. The maximum Gasteiger partial charge on any atom is 0.342 e. The normalized spacial score (nSPS) is 11.8. The molecule has 0 aliphatic rings. The molecule has 96 valence electrons. The maximum absolute atomic E-state index is 12.0. The maximum atomic E-state index is 12.0. The summed E-state index contributed by atoms with van der Waals surface area (Å²) in [5, 5.41) is 0.779. The van der Waals surface area contributed by atoms with Crippen LogP contribution in [0.4, 0.5) is 0 Å². The fourth-order valence-electron chi connectivity index (χ4n) is 1.90. The van der Waals surface area contributed by atoms with Gasteiger partial charge in [0.15, 0.2) is 0 Å². The number of fused-ring (bicyclic) bond motifs is 1. The van der Waals surface area contributed by atoms with Gasteiger partial charge in [-0.2, -0.15) is 0 Å². The Kier molecular flexibility index (Phi) is 3.23. The van der Waals surface area contributed by atoms with Gasteiger partial charge in [0, 0.05) is 15.3 Å². The molecule has 0 aliphatic heterocycles. The molecule has 0 aliphatic carbocycles. The molecule has 0 saturated heterocycles. The quantitative estimate of drug-likeness (QED) is 0.738. The first-order valence-electron chi connectivity index (χ1n) is 5.65. The number of rotatable bonds is 1. The Morgan fingerprint density at radius 2 is 2.00 bits per heavy atom. The van der Waals surface area contributed by atoms with Crippen LogP contribution < -0.4 is 0 Å². The van der Waals surface area contributed by atoms with Gasteiger partial charge in [-0.15, -0.1) is 0 Å². The average molecular weight is 311 g/mol. The molecule has 0 radical (unpaired) electrons. The molecule has 3 nitrogen and oxygen atoms in total. The standard InChI is InChI=1S/C14H15BrO3/c1-14(2,3)12-11(13(16)17-4)9-7-8(15)5-6-10(9)18-12/h5-7H,1-4H3. The van der Waals surface area contributed by atoms with E-state index in [1.54, 1.807) is 0 Å². The Morgan fingerprint density at radius 3 is 2.56 bits per heavy atom. The van der Waals surface area contributed by atoms with Crippen LogP contribution in [0.15, 0.2) is 27.1 Å². The molecule has 0 amide bonds. The fourth-order valence-corrected chi connectivity index (χ4v) is 2.26. The van der Waals surface area contributed by atoms with Crippen LogP contribution in [0.3, 0.4) is 0 Å². The number of carbonyl (C=O) groups is 1. The number of carbonyl (C=O) groups excluding carboxylic acids is 1. The van der Waals surface area contributed by atoms with E-state index in [4.69, 9.17) is 9.15 Å². The number of methoxy groups -OCH3 is 1. The van der Waals surface area contributed by atoms with Crippen LogP contribution in [-0.4, -0.2) is 13.1 Å². The third kappa shape index (κ3) is 2.17. The third-order valence-corrected chi connectivity index (χ3v) is 3.21. The Labute approximate surface area is 114 Å². The molecule has 1 aromatic carbocycles. The SMILES string of the molecule is COC(=O)c1c(C(C)(C)C)oc2ccc(Br)cc12. The highest BCUT2D eigenvalue weighted by Gasteiger charge is 2.29. The van der Waals surface area contributed by atoms with Gasteiger partial charge < -0.3 is 9.15 Å². The Bertz CT molecular complexity index is 605. The van der Waals surface area contributed by atoms with Crippen molar-refractivity contribution in [2.45, 2.75) is 26.2 Å². The van der Waals surface area contributed by atoms with E-state index in [9.17, 15) is 4.79 Å². The van der Waals surface area contributed by atoms with Crippen molar-refractivity contribution in [3.63, 3.8) is 0 Å². The van der Waals surface area contributed by atoms with Crippen molar-refractivity contribution in [2.24, 2.45) is 0 Å². The van der Waals surface area contributed by atoms with E-state index in [0.29, 0.717) is 16.9 Å². The molecule has 0 atom stereocenters. The molecule has 0 bridgehead atoms. The van der Waals surface area contributed by atoms with E-state index in [0.717, 1.165) is 9.86 Å². The van der Waals surface area contributed by atoms with Crippen molar-refractivity contribution < 1.29 is 13.9 Å². The van der Waals surface area contributed by atoms with Crippen molar-refractivity contribution in [3.05, 3.63) is 34.0 Å². The summed E-state index contributed by atoms with van der Waals surface area (Å²) in [4.78, 5) is 12.0. The van der Waals surface area contributed by atoms with Crippen LogP contribution in [0.25, 0.3) is 11.0 Å². The van der Waals surface area contributed by atoms with Crippen molar-refractivity contribution in [2.75, 3.05) is 7.11 Å². The molecular weight excluding hydrogens is 296 g/mol. The predicted molar refractivity (Wildman–Crippen MR) is 74.0 cm³/mol. The van der Waals surface area contributed by atoms with Gasteiger partial charge in [-0.3, -0.25) is 0 Å². The lowest BCUT2D eigenvalue weighted by atomic mass is 9.89. The molecule has 0 N–H and O–H groups in total. The number of esters is 1. The summed E-state index contributed by atoms with van der Waals surface area (Å²) in [6.07, 6.45) is 0. The number of hydrogen-bond acceptors (Lipinski definition) is 3. The lowest BCUT2D eigenvalue weighted by molar-refractivity contribution is 0.0598. The van der Waals surface area contributed by atoms with E-state index in [2.05, 4.69) is 15.9 Å². The Hall–Kier alpha value is -1.29. The van der Waals surface area contributed by atoms with Gasteiger partial charge in [0.1, 0.15) is 16.9 Å². The van der Waals surface area contributed by atoms with Gasteiger partial charge in [0.2, 0.25) is 0 Å². The molecule has 18 heavy (non-hydrogen) atoms. The molecule has 1 heterocycles. The van der Waals surface area contributed by atoms with E-state index >= 15 is 0 Å². The zero-order valence-corrected chi connectivity index (χ0v) is 12.4. The fraction of sp³-hybridized carbons (Fsp3) is 0.357. The zero-order chi connectivity index (χ0) is 13.5. The molecule has 0 saturated carbocycles. The van der Waals surface area contributed by atoms with Gasteiger partial charge >= 0.3 is 5.97 Å². The number of ether oxygens (including phenoxy) is 1. The Morgan fingerprint density at radius 1 is 1.33 bits per heavy atom. The second-order valence-corrected chi connectivity index (χ2v) is 6.10. The van der Waals surface area contributed by atoms with Crippen LogP contribution in [0, 0.1) is 0 Å². The molecule has 2 rings (SSSR count). The molecule has 1 aromatic heterocycles. The Balaban J connectivity index is 2.82. The minimum Gasteiger partial charge on any atom is -0.465 e. The summed E-state index contributed by atoms with van der Waals surface area (Å²) in [7, 11) is 1.38. The van der Waals surface area contributed by atoms with Crippen LogP contribution in [0.5, 0.6) is 0 Å². The van der Waals surface area contributed by atoms with Crippen LogP contribution >= 0.6 is 15.9 Å². The third-order valence-electron chi connectivity index (χ3n) is 2.72. The smallest absolute Gasteiger partial charge is 0.342 e.